The van der Waals surface area contributed by atoms with Gasteiger partial charge in [-0.05, 0) is 169 Å². The van der Waals surface area contributed by atoms with Crippen molar-refractivity contribution in [1.82, 2.24) is 4.98 Å². The van der Waals surface area contributed by atoms with Crippen LogP contribution in [0.4, 0.5) is 34.1 Å². The Balaban J connectivity index is 1.12. The number of aromatic amines is 1. The Kier molecular flexibility index (Phi) is 8.35. The minimum Gasteiger partial charge on any atom is -0.354 e. The average molecular weight is 898 g/mol. The van der Waals surface area contributed by atoms with Crippen LogP contribution < -0.4 is 20.0 Å². The summed E-state index contributed by atoms with van der Waals surface area (Å²) in [6.07, 6.45) is 5.97. The third kappa shape index (κ3) is 5.72. The van der Waals surface area contributed by atoms with E-state index in [-0.39, 0.29) is 21.7 Å². The standard InChI is InChI=1S/C63H56BN3S/c1-60(2)28-30-62(5)37-63(6)31-29-61(3,4)49-36-54-47(35-51(49)63)58-59(68-54)64-56-46(44-22-15-23-45-55-43-21-14-13-16-38(43)24-27-52(55)65-57(44)45)32-42(34-53(56)67(58)41-25-26-48(60)50(62)33-41)66(39-17-9-7-10-18-39)40-19-11-8-12-20-40/h7-27,32-36,64-65H,28-31,37H2,1-6H3. The maximum atomic E-state index is 4.01. The predicted octanol–water partition coefficient (Wildman–Crippen LogP) is 16.1. The van der Waals surface area contributed by atoms with Gasteiger partial charge >= 0.3 is 0 Å². The molecule has 0 fully saturated rings. The van der Waals surface area contributed by atoms with Gasteiger partial charge in [-0.1, -0.05) is 133 Å². The number of para-hydroxylation sites is 3. The highest BCUT2D eigenvalue weighted by Gasteiger charge is 2.49. The van der Waals surface area contributed by atoms with E-state index < -0.39 is 0 Å². The first kappa shape index (κ1) is 40.5. The van der Waals surface area contributed by atoms with Gasteiger partial charge in [-0.25, -0.2) is 0 Å². The first-order chi connectivity index (χ1) is 32.9. The van der Waals surface area contributed by atoms with Crippen LogP contribution in [0.2, 0.25) is 0 Å². The largest absolute Gasteiger partial charge is 0.354 e. The lowest BCUT2D eigenvalue weighted by atomic mass is 9.53. The summed E-state index contributed by atoms with van der Waals surface area (Å²) >= 11 is 2.03. The number of nitrogens with zero attached hydrogens (tertiary/aromatic N) is 2. The van der Waals surface area contributed by atoms with Crippen molar-refractivity contribution in [3.63, 3.8) is 0 Å². The topological polar surface area (TPSA) is 22.3 Å². The van der Waals surface area contributed by atoms with Gasteiger partial charge in [-0.2, -0.15) is 0 Å². The highest BCUT2D eigenvalue weighted by Crippen LogP contribution is 2.59. The number of benzene rings is 8. The molecule has 68 heavy (non-hydrogen) atoms. The van der Waals surface area contributed by atoms with Gasteiger partial charge in [0.15, 0.2) is 0 Å². The molecule has 2 aliphatic heterocycles. The van der Waals surface area contributed by atoms with Crippen LogP contribution in [0.3, 0.4) is 0 Å². The first-order valence-corrected chi connectivity index (χ1v) is 25.7. The van der Waals surface area contributed by atoms with Crippen LogP contribution in [0.25, 0.3) is 53.8 Å². The fourth-order valence-corrected chi connectivity index (χ4v) is 15.0. The Morgan fingerprint density at radius 1 is 0.544 bits per heavy atom. The zero-order valence-electron chi connectivity index (χ0n) is 40.1. The van der Waals surface area contributed by atoms with Gasteiger partial charge in [0.2, 0.25) is 7.28 Å². The second-order valence-electron chi connectivity index (χ2n) is 22.6. The van der Waals surface area contributed by atoms with Crippen LogP contribution in [0.5, 0.6) is 0 Å². The third-order valence-electron chi connectivity index (χ3n) is 17.4. The zero-order valence-corrected chi connectivity index (χ0v) is 40.9. The summed E-state index contributed by atoms with van der Waals surface area (Å²) in [5.74, 6) is 0. The molecule has 5 heteroatoms. The third-order valence-corrected chi connectivity index (χ3v) is 18.5. The van der Waals surface area contributed by atoms with Gasteiger partial charge in [-0.3, -0.25) is 0 Å². The smallest absolute Gasteiger partial charge is 0.211 e. The van der Waals surface area contributed by atoms with E-state index in [0.29, 0.717) is 0 Å². The van der Waals surface area contributed by atoms with Crippen molar-refractivity contribution >= 4 is 106 Å². The van der Waals surface area contributed by atoms with E-state index in [1.54, 1.807) is 16.7 Å². The Hall–Kier alpha value is -6.56. The average Bonchev–Trinajstić information content (AvgIpc) is 3.92. The van der Waals surface area contributed by atoms with Crippen molar-refractivity contribution in [3.8, 4) is 11.1 Å². The fraction of sp³-hybridized carbons (Fsp3) is 0.238. The van der Waals surface area contributed by atoms with Gasteiger partial charge in [0.1, 0.15) is 0 Å². The molecule has 332 valence electrons. The molecule has 10 aromatic rings. The molecule has 0 saturated heterocycles. The van der Waals surface area contributed by atoms with E-state index in [0.717, 1.165) is 30.8 Å². The van der Waals surface area contributed by atoms with Crippen molar-refractivity contribution in [2.24, 2.45) is 0 Å². The van der Waals surface area contributed by atoms with Crippen molar-refractivity contribution in [2.45, 2.75) is 95.3 Å². The van der Waals surface area contributed by atoms with Crippen LogP contribution in [0.15, 0.2) is 158 Å². The molecule has 1 N–H and O–H groups in total. The fourth-order valence-electron chi connectivity index (χ4n) is 13.8. The molecule has 4 heterocycles. The molecule has 0 amide bonds. The Labute approximate surface area is 404 Å². The lowest BCUT2D eigenvalue weighted by molar-refractivity contribution is 0.208. The number of rotatable bonds is 4. The van der Waals surface area contributed by atoms with Gasteiger partial charge in [0, 0.05) is 60.4 Å². The lowest BCUT2D eigenvalue weighted by Gasteiger charge is -2.51. The molecule has 0 radical (unpaired) electrons. The van der Waals surface area contributed by atoms with E-state index in [9.17, 15) is 0 Å². The highest BCUT2D eigenvalue weighted by molar-refractivity contribution is 7.29. The first-order valence-electron chi connectivity index (χ1n) is 24.9. The van der Waals surface area contributed by atoms with Gasteiger partial charge < -0.3 is 14.8 Å². The molecule has 0 spiro atoms. The SMILES string of the molecule is CC1(C)CCC2(C)CC3(C)CCC(C)(C)c4cc5sc6c(c5cc43)N(c3ccc1c2c3)c1cc(N(c2ccccc2)c2ccccc2)cc(-c2cccc3c2[nH]c2ccc4ccccc4c23)c1B6. The van der Waals surface area contributed by atoms with Gasteiger partial charge in [-0.15, -0.1) is 11.3 Å². The predicted molar refractivity (Wildman–Crippen MR) is 294 cm³/mol. The van der Waals surface area contributed by atoms with Crippen molar-refractivity contribution in [2.75, 3.05) is 9.80 Å². The summed E-state index contributed by atoms with van der Waals surface area (Å²) < 4.78 is 2.86. The van der Waals surface area contributed by atoms with Crippen molar-refractivity contribution in [3.05, 3.63) is 180 Å². The summed E-state index contributed by atoms with van der Waals surface area (Å²) in [4.78, 5) is 9.20. The van der Waals surface area contributed by atoms with Gasteiger partial charge in [0.05, 0.1) is 11.2 Å². The van der Waals surface area contributed by atoms with Crippen LogP contribution >= 0.6 is 11.3 Å². The lowest BCUT2D eigenvalue weighted by Crippen LogP contribution is -2.44. The highest BCUT2D eigenvalue weighted by atomic mass is 32.1. The van der Waals surface area contributed by atoms with E-state index in [2.05, 4.69) is 214 Å². The Morgan fingerprint density at radius 3 is 1.97 bits per heavy atom. The second-order valence-corrected chi connectivity index (χ2v) is 23.8. The Morgan fingerprint density at radius 2 is 1.22 bits per heavy atom. The molecular weight excluding hydrogens is 842 g/mol. The number of thiophene rings is 1. The summed E-state index contributed by atoms with van der Waals surface area (Å²) in [5, 5.41) is 6.50. The molecular formula is C63H56BN3S. The molecule has 3 nitrogen and oxygen atoms in total. The normalized spacial score (nSPS) is 20.6. The molecule has 4 aliphatic rings. The number of anilines is 6. The summed E-state index contributed by atoms with van der Waals surface area (Å²) in [5.41, 5.74) is 20.1. The monoisotopic (exact) mass is 897 g/mol. The number of fused-ring (bicyclic) bond motifs is 9. The number of nitrogens with one attached hydrogen (secondary N) is 1. The quantitative estimate of drug-likeness (QED) is 0.178. The van der Waals surface area contributed by atoms with Crippen LogP contribution in [0.1, 0.15) is 95.9 Å². The zero-order chi connectivity index (χ0) is 45.9. The number of hydrogen-bond acceptors (Lipinski definition) is 3. The second kappa shape index (κ2) is 14.0. The van der Waals surface area contributed by atoms with Crippen molar-refractivity contribution in [1.29, 1.82) is 0 Å². The van der Waals surface area contributed by atoms with Crippen LogP contribution in [-0.2, 0) is 21.7 Å². The Bertz CT molecular complexity index is 3710. The molecule has 2 aromatic heterocycles. The summed E-state index contributed by atoms with van der Waals surface area (Å²) in [6, 6.07) is 60.3. The molecule has 8 aromatic carbocycles. The van der Waals surface area contributed by atoms with Crippen molar-refractivity contribution < 1.29 is 0 Å². The van der Waals surface area contributed by atoms with Gasteiger partial charge in [0.25, 0.3) is 0 Å². The molecule has 2 aliphatic carbocycles. The number of aromatic nitrogens is 1. The minimum absolute atomic E-state index is 0.0294. The van der Waals surface area contributed by atoms with E-state index in [1.165, 1.54) is 112 Å². The maximum Gasteiger partial charge on any atom is 0.211 e. The van der Waals surface area contributed by atoms with E-state index in [4.69, 9.17) is 0 Å². The molecule has 4 bridgehead atoms. The van der Waals surface area contributed by atoms with E-state index >= 15 is 0 Å². The molecule has 0 saturated carbocycles. The van der Waals surface area contributed by atoms with Crippen LogP contribution in [0, 0.1) is 0 Å². The molecule has 2 unspecified atom stereocenters. The van der Waals surface area contributed by atoms with Crippen LogP contribution in [-0.4, -0.2) is 12.3 Å². The number of hydrogen-bond donors (Lipinski definition) is 1. The summed E-state index contributed by atoms with van der Waals surface area (Å²) in [6.45, 7) is 15.2. The summed E-state index contributed by atoms with van der Waals surface area (Å²) in [7, 11) is 0.855. The van der Waals surface area contributed by atoms with E-state index in [1.807, 2.05) is 11.3 Å². The molecule has 14 rings (SSSR count). The maximum absolute atomic E-state index is 4.01. The number of H-pyrrole nitrogens is 1. The minimum atomic E-state index is 0.0294. The molecule has 2 atom stereocenters.